The van der Waals surface area contributed by atoms with E-state index in [1.807, 2.05) is 13.8 Å². The highest BCUT2D eigenvalue weighted by molar-refractivity contribution is 5.81. The van der Waals surface area contributed by atoms with Crippen molar-refractivity contribution in [2.24, 2.45) is 17.8 Å². The lowest BCUT2D eigenvalue weighted by atomic mass is 9.82. The molecule has 3 heterocycles. The van der Waals surface area contributed by atoms with E-state index in [2.05, 4.69) is 26.6 Å². The molecule has 0 bridgehead atoms. The lowest BCUT2D eigenvalue weighted by Gasteiger charge is -2.40. The van der Waals surface area contributed by atoms with Crippen molar-refractivity contribution in [1.82, 2.24) is 26.6 Å². The number of aliphatic hydroxyl groups is 9. The molecule has 0 aliphatic carbocycles. The van der Waals surface area contributed by atoms with Gasteiger partial charge in [-0.2, -0.15) is 0 Å². The summed E-state index contributed by atoms with van der Waals surface area (Å²) in [6.07, 6.45) is -11.9. The summed E-state index contributed by atoms with van der Waals surface area (Å²) in [5.41, 5.74) is -1.29. The van der Waals surface area contributed by atoms with E-state index in [4.69, 9.17) is 33.2 Å². The number of hydrogen-bond donors (Lipinski definition) is 14. The van der Waals surface area contributed by atoms with Crippen molar-refractivity contribution < 1.29 is 105 Å². The van der Waals surface area contributed by atoms with Gasteiger partial charge in [-0.3, -0.25) is 24.0 Å². The van der Waals surface area contributed by atoms with Gasteiger partial charge in [-0.05, 0) is 65.2 Å². The number of ether oxygens (including phenoxy) is 7. The smallest absolute Gasteiger partial charge is 0.220 e. The highest BCUT2D eigenvalue weighted by atomic mass is 16.7. The van der Waals surface area contributed by atoms with Gasteiger partial charge in [-0.15, -0.1) is 0 Å². The maximum absolute atomic E-state index is 13.8. The molecule has 450 valence electrons. The van der Waals surface area contributed by atoms with Gasteiger partial charge in [0.1, 0.15) is 36.6 Å². The van der Waals surface area contributed by atoms with Gasteiger partial charge in [0.05, 0.1) is 64.1 Å². The van der Waals surface area contributed by atoms with Crippen LogP contribution in [0.25, 0.3) is 0 Å². The summed E-state index contributed by atoms with van der Waals surface area (Å²) in [7, 11) is 0. The monoisotopic (exact) mass is 1110 g/mol. The highest BCUT2D eigenvalue weighted by Crippen LogP contribution is 2.30. The summed E-state index contributed by atoms with van der Waals surface area (Å²) < 4.78 is 39.6. The third-order valence-corrected chi connectivity index (χ3v) is 14.1. The SMILES string of the molecule is CC(C)OCCCNC(=O)CCCC(=O)NC(CCC(=O)NCCCO[C@@H]1OC(CO)[C@H](O)[C@H](O)C1C)(CCC(=O)NCCCO[C@@H]1OC(CO)[C@H](O)[C@H](O)C1C)CCC(=O)NCCCO[C@@H]1OC(CO)[C@H](O)[C@H](O)C1C.[HH]. The van der Waals surface area contributed by atoms with Crippen molar-refractivity contribution in [3.05, 3.63) is 0 Å². The van der Waals surface area contributed by atoms with E-state index < -0.39 is 141 Å². The van der Waals surface area contributed by atoms with Crippen LogP contribution in [0.4, 0.5) is 0 Å². The largest absolute Gasteiger partial charge is 0.394 e. The van der Waals surface area contributed by atoms with Gasteiger partial charge in [-0.25, -0.2) is 0 Å². The summed E-state index contributed by atoms with van der Waals surface area (Å²) in [6.45, 7) is 8.80. The predicted octanol–water partition coefficient (Wildman–Crippen LogP) is -2.68. The molecule has 26 nitrogen and oxygen atoms in total. The van der Waals surface area contributed by atoms with Gasteiger partial charge in [0.15, 0.2) is 18.9 Å². The van der Waals surface area contributed by atoms with E-state index in [-0.39, 0.29) is 111 Å². The standard InChI is InChI=1S/C51H93N5O21.H2/c1-30(2)71-23-7-19-52-37(60)11-6-12-41(64)56-51(16-13-38(61)53-20-8-24-72-48-31(3)42(65)45(68)34(27-57)75-48,17-14-39(62)54-21-9-25-73-49-32(4)43(66)46(69)35(28-58)76-49)18-15-40(63)55-22-10-26-74-50-33(5)44(67)47(70)36(29-59)77-50;/h30-36,42-50,57-59,65-70H,6-29H2,1-5H3,(H,52,60)(H,53,61)(H,54,62)(H,55,63)(H,56,64);1H/t31?,32?,33?,34?,35?,36?,42-,43-,44-,45+,46+,47+,48-,49-,50-,51?;/m1./s1. The Hall–Kier alpha value is -3.29. The Kier molecular flexibility index (Phi) is 31.9. The first-order valence-electron chi connectivity index (χ1n) is 27.4. The van der Waals surface area contributed by atoms with Crippen LogP contribution in [0.1, 0.15) is 120 Å². The Morgan fingerprint density at radius 3 is 1.06 bits per heavy atom. The Morgan fingerprint density at radius 1 is 0.455 bits per heavy atom. The molecule has 6 unspecified atom stereocenters. The van der Waals surface area contributed by atoms with E-state index >= 15 is 0 Å². The quantitative estimate of drug-likeness (QED) is 0.0282. The molecule has 15 atom stereocenters. The molecule has 3 rings (SSSR count). The van der Waals surface area contributed by atoms with Gasteiger partial charge in [-0.1, -0.05) is 20.8 Å². The van der Waals surface area contributed by atoms with Crippen LogP contribution in [0.5, 0.6) is 0 Å². The van der Waals surface area contributed by atoms with E-state index in [0.717, 1.165) is 0 Å². The minimum Gasteiger partial charge on any atom is -0.394 e. The Balaban J connectivity index is 0.0000208. The molecule has 0 aromatic carbocycles. The third-order valence-electron chi connectivity index (χ3n) is 14.1. The number of aliphatic hydroxyl groups excluding tert-OH is 9. The van der Waals surface area contributed by atoms with Crippen LogP contribution < -0.4 is 26.6 Å². The first-order valence-corrected chi connectivity index (χ1v) is 27.4. The van der Waals surface area contributed by atoms with Crippen LogP contribution in [0, 0.1) is 17.8 Å². The number of hydrogen-bond acceptors (Lipinski definition) is 21. The first kappa shape index (κ1) is 68.0. The van der Waals surface area contributed by atoms with Gasteiger partial charge >= 0.3 is 0 Å². The topological polar surface area (TPSA) is 392 Å². The number of carbonyl (C=O) groups is 5. The average molecular weight is 1110 g/mol. The summed E-state index contributed by atoms with van der Waals surface area (Å²) in [5, 5.41) is 105. The second-order valence-corrected chi connectivity index (χ2v) is 20.7. The average Bonchev–Trinajstić information content (AvgIpc) is 3.40. The van der Waals surface area contributed by atoms with Crippen LogP contribution in [-0.2, 0) is 57.1 Å². The third kappa shape index (κ3) is 23.8. The zero-order chi connectivity index (χ0) is 57.1. The fraction of sp³-hybridized carbons (Fsp3) is 0.902. The number of carbonyl (C=O) groups excluding carboxylic acids is 5. The van der Waals surface area contributed by atoms with Gasteiger partial charge in [0.2, 0.25) is 29.5 Å². The Bertz CT molecular complexity index is 1570. The molecule has 0 spiro atoms. The van der Waals surface area contributed by atoms with Crippen LogP contribution >= 0.6 is 0 Å². The maximum Gasteiger partial charge on any atom is 0.220 e. The zero-order valence-corrected chi connectivity index (χ0v) is 45.6. The molecule has 3 fully saturated rings. The van der Waals surface area contributed by atoms with Crippen molar-refractivity contribution in [2.75, 3.05) is 72.4 Å². The summed E-state index contributed by atoms with van der Waals surface area (Å²) in [6, 6.07) is 0. The minimum absolute atomic E-state index is 0. The minimum atomic E-state index is -1.29. The molecule has 3 aliphatic rings. The molecule has 0 aromatic rings. The van der Waals surface area contributed by atoms with E-state index in [1.165, 1.54) is 0 Å². The van der Waals surface area contributed by atoms with Gasteiger partial charge < -0.3 is 106 Å². The molecule has 5 amide bonds. The van der Waals surface area contributed by atoms with E-state index in [1.54, 1.807) is 20.8 Å². The van der Waals surface area contributed by atoms with Crippen LogP contribution in [-0.4, -0.2) is 233 Å². The van der Waals surface area contributed by atoms with Gasteiger partial charge in [0, 0.05) is 89.6 Å². The Morgan fingerprint density at radius 2 is 0.753 bits per heavy atom. The maximum atomic E-state index is 13.8. The molecule has 77 heavy (non-hydrogen) atoms. The van der Waals surface area contributed by atoms with Crippen LogP contribution in [0.2, 0.25) is 0 Å². The molecule has 26 heteroatoms. The van der Waals surface area contributed by atoms with Crippen molar-refractivity contribution in [3.8, 4) is 0 Å². The number of rotatable bonds is 37. The number of amides is 5. The molecular weight excluding hydrogens is 1020 g/mol. The second-order valence-electron chi connectivity index (χ2n) is 20.7. The normalized spacial score (nSPS) is 30.3. The second kappa shape index (κ2) is 36.1. The lowest BCUT2D eigenvalue weighted by molar-refractivity contribution is -0.282. The molecule has 0 aromatic heterocycles. The van der Waals surface area contributed by atoms with Crippen molar-refractivity contribution in [1.29, 1.82) is 0 Å². The highest BCUT2D eigenvalue weighted by Gasteiger charge is 2.45. The van der Waals surface area contributed by atoms with Crippen molar-refractivity contribution >= 4 is 29.5 Å². The first-order chi connectivity index (χ1) is 36.7. The van der Waals surface area contributed by atoms with E-state index in [0.29, 0.717) is 38.8 Å². The van der Waals surface area contributed by atoms with Crippen LogP contribution in [0.3, 0.4) is 0 Å². The molecule has 14 N–H and O–H groups in total. The fourth-order valence-electron chi connectivity index (χ4n) is 9.09. The van der Waals surface area contributed by atoms with Crippen molar-refractivity contribution in [3.63, 3.8) is 0 Å². The van der Waals surface area contributed by atoms with Crippen LogP contribution in [0.15, 0.2) is 0 Å². The van der Waals surface area contributed by atoms with E-state index in [9.17, 15) is 69.9 Å². The molecule has 0 radical (unpaired) electrons. The molecule has 3 aliphatic heterocycles. The summed E-state index contributed by atoms with van der Waals surface area (Å²) >= 11 is 0. The lowest BCUT2D eigenvalue weighted by Crippen LogP contribution is -2.55. The summed E-state index contributed by atoms with van der Waals surface area (Å²) in [5.74, 6) is -3.72. The molecule has 3 saturated heterocycles. The van der Waals surface area contributed by atoms with Gasteiger partial charge in [0.25, 0.3) is 0 Å². The Labute approximate surface area is 453 Å². The van der Waals surface area contributed by atoms with Crippen molar-refractivity contribution in [2.45, 2.75) is 204 Å². The number of nitrogens with one attached hydrogen (secondary N) is 5. The zero-order valence-electron chi connectivity index (χ0n) is 45.6. The molecule has 0 saturated carbocycles. The molecular formula is C51H95N5O21. The predicted molar refractivity (Wildman–Crippen MR) is 275 cm³/mol. The fourth-order valence-corrected chi connectivity index (χ4v) is 9.09. The summed E-state index contributed by atoms with van der Waals surface area (Å²) in [4.78, 5) is 66.7.